The number of hydrogen-bond donors (Lipinski definition) is 0. The van der Waals surface area contributed by atoms with Gasteiger partial charge in [0.15, 0.2) is 0 Å². The van der Waals surface area contributed by atoms with E-state index in [1.807, 2.05) is 12.3 Å². The molecule has 0 amide bonds. The number of pyridine rings is 1. The van der Waals surface area contributed by atoms with Crippen LogP contribution >= 0.6 is 0 Å². The van der Waals surface area contributed by atoms with Gasteiger partial charge in [0.2, 0.25) is 0 Å². The van der Waals surface area contributed by atoms with E-state index in [1.165, 1.54) is 11.1 Å². The molecule has 0 aliphatic heterocycles. The summed E-state index contributed by atoms with van der Waals surface area (Å²) in [6, 6.07) is 28.1. The summed E-state index contributed by atoms with van der Waals surface area (Å²) in [5, 5.41) is 4.42. The van der Waals surface area contributed by atoms with Gasteiger partial charge in [0.05, 0.1) is 11.1 Å². The number of aryl methyl sites for hydroxylation is 3. The van der Waals surface area contributed by atoms with Gasteiger partial charge < -0.3 is 8.83 Å². The van der Waals surface area contributed by atoms with Crippen LogP contribution in [-0.4, -0.2) is 4.98 Å². The Hall–Kier alpha value is -4.37. The van der Waals surface area contributed by atoms with Crippen LogP contribution in [0.25, 0.3) is 66.3 Å². The molecule has 0 saturated heterocycles. The lowest BCUT2D eigenvalue weighted by Gasteiger charge is -2.11. The van der Waals surface area contributed by atoms with Crippen LogP contribution < -0.4 is 0 Å². The number of rotatable bonds is 6. The highest BCUT2D eigenvalue weighted by Crippen LogP contribution is 2.45. The number of aromatic nitrogens is 1. The van der Waals surface area contributed by atoms with Gasteiger partial charge >= 0.3 is 0 Å². The molecule has 3 nitrogen and oxygen atoms in total. The molecule has 0 unspecified atom stereocenters. The van der Waals surface area contributed by atoms with Crippen LogP contribution in [0.15, 0.2) is 93.9 Å². The Kier molecular flexibility index (Phi) is 5.73. The normalized spacial score (nSPS) is 11.9. The summed E-state index contributed by atoms with van der Waals surface area (Å²) in [6.45, 7) is 6.55. The molecule has 0 bridgehead atoms. The van der Waals surface area contributed by atoms with Crippen molar-refractivity contribution in [3.63, 3.8) is 0 Å². The smallest absolute Gasteiger partial charge is 0.147 e. The predicted molar refractivity (Wildman–Crippen MR) is 162 cm³/mol. The first-order chi connectivity index (χ1) is 19.1. The maximum Gasteiger partial charge on any atom is 0.147 e. The monoisotopic (exact) mass is 509 g/mol. The summed E-state index contributed by atoms with van der Waals surface area (Å²) in [5.41, 5.74) is 11.6. The van der Waals surface area contributed by atoms with Gasteiger partial charge in [0.1, 0.15) is 22.3 Å². The van der Waals surface area contributed by atoms with Crippen LogP contribution in [-0.2, 0) is 12.8 Å². The quantitative estimate of drug-likeness (QED) is 0.224. The van der Waals surface area contributed by atoms with Crippen molar-refractivity contribution in [3.8, 4) is 22.4 Å². The van der Waals surface area contributed by atoms with E-state index < -0.39 is 0 Å². The predicted octanol–water partition coefficient (Wildman–Crippen LogP) is 10.4. The minimum absolute atomic E-state index is 0.853. The second-order valence-corrected chi connectivity index (χ2v) is 10.6. The van der Waals surface area contributed by atoms with E-state index >= 15 is 0 Å². The van der Waals surface area contributed by atoms with Gasteiger partial charge in [-0.05, 0) is 71.8 Å². The summed E-state index contributed by atoms with van der Waals surface area (Å²) < 4.78 is 13.3. The Labute approximate surface area is 228 Å². The third kappa shape index (κ3) is 3.92. The summed E-state index contributed by atoms with van der Waals surface area (Å²) >= 11 is 0. The van der Waals surface area contributed by atoms with Crippen molar-refractivity contribution in [1.29, 1.82) is 0 Å². The fourth-order valence-corrected chi connectivity index (χ4v) is 5.96. The molecule has 3 heteroatoms. The van der Waals surface area contributed by atoms with Crippen LogP contribution in [0.5, 0.6) is 0 Å². The van der Waals surface area contributed by atoms with Crippen LogP contribution in [0.4, 0.5) is 0 Å². The van der Waals surface area contributed by atoms with E-state index in [-0.39, 0.29) is 0 Å². The van der Waals surface area contributed by atoms with Gasteiger partial charge in [-0.15, -0.1) is 0 Å². The largest absolute Gasteiger partial charge is 0.456 e. The summed E-state index contributed by atoms with van der Waals surface area (Å²) in [4.78, 5) is 4.77. The topological polar surface area (TPSA) is 39.2 Å². The first-order valence-electron chi connectivity index (χ1n) is 14.0. The molecule has 0 radical (unpaired) electrons. The molecule has 0 atom stereocenters. The zero-order valence-corrected chi connectivity index (χ0v) is 22.7. The third-order valence-corrected chi connectivity index (χ3v) is 7.85. The molecule has 0 aliphatic carbocycles. The highest BCUT2D eigenvalue weighted by Gasteiger charge is 2.22. The first kappa shape index (κ1) is 23.7. The average Bonchev–Trinajstić information content (AvgIpc) is 3.51. The van der Waals surface area contributed by atoms with Gasteiger partial charge in [-0.2, -0.15) is 0 Å². The standard InChI is InChI=1S/C36H31NO2/c1-4-9-23-14-16-27-31(17-23)38-33-20-29(28-19-30(37-21-22(28)3)25-11-7-6-8-12-25)34-26-15-13-24(10-5-2)18-32(26)39-36(34)35(27)33/h6-8,11-21H,4-5,9-10H2,1-3H3. The van der Waals surface area contributed by atoms with Gasteiger partial charge in [-0.1, -0.05) is 81.3 Å². The third-order valence-electron chi connectivity index (χ3n) is 7.85. The Morgan fingerprint density at radius 1 is 0.641 bits per heavy atom. The van der Waals surface area contributed by atoms with Gasteiger partial charge in [0.25, 0.3) is 0 Å². The molecule has 0 aliphatic rings. The second kappa shape index (κ2) is 9.43. The Morgan fingerprint density at radius 2 is 1.31 bits per heavy atom. The molecular weight excluding hydrogens is 478 g/mol. The lowest BCUT2D eigenvalue weighted by molar-refractivity contribution is 0.662. The number of furan rings is 2. The van der Waals surface area contributed by atoms with Crippen LogP contribution in [0.3, 0.4) is 0 Å². The lowest BCUT2D eigenvalue weighted by atomic mass is 9.93. The van der Waals surface area contributed by atoms with Crippen molar-refractivity contribution < 1.29 is 8.83 Å². The van der Waals surface area contributed by atoms with Crippen molar-refractivity contribution in [3.05, 3.63) is 102 Å². The molecule has 39 heavy (non-hydrogen) atoms. The van der Waals surface area contributed by atoms with E-state index in [4.69, 9.17) is 13.8 Å². The zero-order valence-electron chi connectivity index (χ0n) is 22.7. The molecule has 3 aromatic heterocycles. The molecule has 4 aromatic carbocycles. The van der Waals surface area contributed by atoms with E-state index in [0.29, 0.717) is 0 Å². The van der Waals surface area contributed by atoms with Crippen molar-refractivity contribution in [2.75, 3.05) is 0 Å². The van der Waals surface area contributed by atoms with Crippen molar-refractivity contribution in [2.24, 2.45) is 0 Å². The average molecular weight is 510 g/mol. The summed E-state index contributed by atoms with van der Waals surface area (Å²) in [5.74, 6) is 0. The Balaban J connectivity index is 1.58. The summed E-state index contributed by atoms with van der Waals surface area (Å²) in [6.07, 6.45) is 6.26. The molecule has 7 aromatic rings. The van der Waals surface area contributed by atoms with E-state index in [9.17, 15) is 0 Å². The van der Waals surface area contributed by atoms with Crippen LogP contribution in [0.2, 0.25) is 0 Å². The minimum Gasteiger partial charge on any atom is -0.456 e. The molecule has 0 spiro atoms. The first-order valence-corrected chi connectivity index (χ1v) is 14.0. The Morgan fingerprint density at radius 3 is 2.00 bits per heavy atom. The van der Waals surface area contributed by atoms with E-state index in [2.05, 4.69) is 93.6 Å². The maximum absolute atomic E-state index is 6.74. The minimum atomic E-state index is 0.853. The molecule has 192 valence electrons. The van der Waals surface area contributed by atoms with E-state index in [1.54, 1.807) is 0 Å². The molecule has 0 fully saturated rings. The van der Waals surface area contributed by atoms with Gasteiger partial charge in [-0.25, -0.2) is 0 Å². The second-order valence-electron chi connectivity index (χ2n) is 10.6. The van der Waals surface area contributed by atoms with Crippen LogP contribution in [0, 0.1) is 6.92 Å². The van der Waals surface area contributed by atoms with Crippen LogP contribution in [0.1, 0.15) is 43.4 Å². The fourth-order valence-electron chi connectivity index (χ4n) is 5.96. The molecular formula is C36H31NO2. The number of hydrogen-bond acceptors (Lipinski definition) is 3. The number of nitrogens with zero attached hydrogens (tertiary/aromatic N) is 1. The van der Waals surface area contributed by atoms with Crippen molar-refractivity contribution in [1.82, 2.24) is 4.98 Å². The highest BCUT2D eigenvalue weighted by molar-refractivity contribution is 6.26. The SMILES string of the molecule is CCCc1ccc2c(c1)oc1c2c(-c2cc(-c3ccccc3)ncc2C)cc2oc3cc(CCC)ccc3c21. The highest BCUT2D eigenvalue weighted by atomic mass is 16.3. The van der Waals surface area contributed by atoms with Crippen molar-refractivity contribution >= 4 is 43.9 Å². The molecule has 3 heterocycles. The molecule has 7 rings (SSSR count). The summed E-state index contributed by atoms with van der Waals surface area (Å²) in [7, 11) is 0. The maximum atomic E-state index is 6.74. The van der Waals surface area contributed by atoms with Gasteiger partial charge in [0, 0.05) is 27.9 Å². The zero-order chi connectivity index (χ0) is 26.5. The van der Waals surface area contributed by atoms with E-state index in [0.717, 1.165) is 97.5 Å². The Bertz CT molecular complexity index is 1990. The molecule has 0 saturated carbocycles. The lowest BCUT2D eigenvalue weighted by Crippen LogP contribution is -1.90. The van der Waals surface area contributed by atoms with Gasteiger partial charge in [-0.3, -0.25) is 4.98 Å². The molecule has 0 N–H and O–H groups in total. The van der Waals surface area contributed by atoms with Crippen molar-refractivity contribution in [2.45, 2.75) is 46.5 Å². The fraction of sp³-hybridized carbons (Fsp3) is 0.194. The number of fused-ring (bicyclic) bond motifs is 7. The number of benzene rings is 4.